The number of aliphatic hydroxyl groups is 1. The number of carbonyl (C=O) groups is 12. The lowest BCUT2D eigenvalue weighted by molar-refractivity contribution is -0.148. The number of anilines is 1. The van der Waals surface area contributed by atoms with Crippen LogP contribution in [-0.2, 0) is 73.6 Å². The average molecular weight is 1280 g/mol. The van der Waals surface area contributed by atoms with Crippen LogP contribution in [0.1, 0.15) is 125 Å². The molecule has 4 rings (SSSR count). The smallest absolute Gasteiger partial charge is 0.410 e. The van der Waals surface area contributed by atoms with Crippen LogP contribution >= 0.6 is 0 Å². The fourth-order valence-electron chi connectivity index (χ4n) is 11.2. The summed E-state index contributed by atoms with van der Waals surface area (Å²) in [4.78, 5) is 163. The van der Waals surface area contributed by atoms with Gasteiger partial charge in [0, 0.05) is 65.7 Å². The zero-order valence-corrected chi connectivity index (χ0v) is 54.7. The van der Waals surface area contributed by atoms with Crippen molar-refractivity contribution < 1.29 is 82.0 Å². The topological polar surface area (TPSA) is 358 Å². The number of benzene rings is 2. The number of carboxylic acids is 1. The summed E-state index contributed by atoms with van der Waals surface area (Å²) in [6, 6.07) is 6.94. The van der Waals surface area contributed by atoms with E-state index in [0.29, 0.717) is 36.9 Å². The maximum absolute atomic E-state index is 14.8. The van der Waals surface area contributed by atoms with Crippen LogP contribution in [0.4, 0.5) is 10.5 Å². The van der Waals surface area contributed by atoms with Gasteiger partial charge in [-0.15, -0.1) is 0 Å². The van der Waals surface area contributed by atoms with Gasteiger partial charge in [0.2, 0.25) is 47.3 Å². The number of methoxy groups -OCH3 is 2. The van der Waals surface area contributed by atoms with Crippen molar-refractivity contribution >= 4 is 76.8 Å². The van der Waals surface area contributed by atoms with Gasteiger partial charge in [0.25, 0.3) is 11.8 Å². The van der Waals surface area contributed by atoms with Gasteiger partial charge in [-0.2, -0.15) is 0 Å². The first-order chi connectivity index (χ1) is 42.9. The Hall–Kier alpha value is -8.30. The minimum absolute atomic E-state index is 0.106. The molecule has 2 aromatic rings. The Bertz CT molecular complexity index is 2890. The quantitative estimate of drug-likeness (QED) is 0.0467. The van der Waals surface area contributed by atoms with Gasteiger partial charge in [-0.25, -0.2) is 4.79 Å². The van der Waals surface area contributed by atoms with Crippen LogP contribution in [0.3, 0.4) is 0 Å². The number of carbonyl (C=O) groups excluding carboxylic acids is 11. The molecule has 0 saturated carbocycles. The van der Waals surface area contributed by atoms with Gasteiger partial charge in [0.05, 0.1) is 55.2 Å². The summed E-state index contributed by atoms with van der Waals surface area (Å²) in [7, 11) is 6.00. The van der Waals surface area contributed by atoms with E-state index in [1.54, 1.807) is 65.6 Å². The highest BCUT2D eigenvalue weighted by molar-refractivity contribution is 6.13. The summed E-state index contributed by atoms with van der Waals surface area (Å²) < 4.78 is 17.6. The SMILES string of the molecule is CC[C@H](C)[C@@H]([C@@H](CC(=O)N1CCC[C@H]1[C@H](OC)[C@@H](C)C(=O)N[C@H](C)[C@@H](O)c1ccccc1)OC)N(C)C(=O)[C@@H](NC(=O)[C@H](C(C)C)N(C)C(=O)OCc1ccc(NC(=O)[C@H](CC(=O)O)NC(=O)[C@H](C)NC(=O)[C@@H](C)NC(=O)CCN2C(=O)C=CC2=O)cc1)C(C)C. The molecule has 8 N–H and O–H groups in total. The maximum atomic E-state index is 14.8. The summed E-state index contributed by atoms with van der Waals surface area (Å²) in [5, 5.41) is 36.0. The molecule has 13 atom stereocenters. The largest absolute Gasteiger partial charge is 0.481 e. The van der Waals surface area contributed by atoms with E-state index in [0.717, 1.165) is 22.0 Å². The molecule has 1 fully saturated rings. The van der Waals surface area contributed by atoms with Crippen LogP contribution in [0.2, 0.25) is 0 Å². The molecule has 0 spiro atoms. The minimum atomic E-state index is -1.61. The molecule has 0 radical (unpaired) electrons. The summed E-state index contributed by atoms with van der Waals surface area (Å²) >= 11 is 0. The standard InChI is InChI=1S/C64H94N10O17/c1-15-37(6)55(47(89-13)33-51(78)73-30-19-22-46(73)57(90-14)38(7)58(82)66-39(8)56(81)43-20-17-16-18-21-43)71(11)63(87)53(35(2)3)70-62(86)54(36(4)5)72(12)64(88)91-34-42-23-25-44(26-24-42)68-61(85)45(32-52(79)80)69-60(84)41(10)67-59(83)40(9)65-48(75)29-31-74-49(76)27-28-50(74)77/h16-18,20-21,23-28,35-41,45-47,53-57,81H,15,19,22,29-34H2,1-14H3,(H,65,75)(H,66,82)(H,67,83)(H,68,85)(H,69,84)(H,70,86)(H,79,80)/t37-,38+,39+,40+,41-,45-,46-,47+,53-,54-,55-,56+,57+/m0/s1. The second-order valence-electron chi connectivity index (χ2n) is 24.1. The van der Waals surface area contributed by atoms with Crippen molar-refractivity contribution in [2.75, 3.05) is 46.7 Å². The van der Waals surface area contributed by atoms with E-state index < -0.39 is 150 Å². The van der Waals surface area contributed by atoms with E-state index in [2.05, 4.69) is 31.9 Å². The van der Waals surface area contributed by atoms with Crippen molar-refractivity contribution in [3.05, 3.63) is 77.9 Å². The maximum Gasteiger partial charge on any atom is 0.410 e. The molecule has 2 aliphatic rings. The number of nitrogens with one attached hydrogen (secondary N) is 6. The molecule has 91 heavy (non-hydrogen) atoms. The zero-order chi connectivity index (χ0) is 68.1. The summed E-state index contributed by atoms with van der Waals surface area (Å²) in [6.45, 7) is 16.9. The Morgan fingerprint density at radius 2 is 1.30 bits per heavy atom. The lowest BCUT2D eigenvalue weighted by Crippen LogP contribution is -2.60. The van der Waals surface area contributed by atoms with E-state index >= 15 is 0 Å². The molecule has 0 bridgehead atoms. The second-order valence-corrected chi connectivity index (χ2v) is 24.1. The van der Waals surface area contributed by atoms with Crippen LogP contribution < -0.4 is 31.9 Å². The van der Waals surface area contributed by atoms with Gasteiger partial charge >= 0.3 is 12.1 Å². The highest BCUT2D eigenvalue weighted by atomic mass is 16.6. The normalized spacial score (nSPS) is 17.8. The van der Waals surface area contributed by atoms with Gasteiger partial charge in [-0.05, 0) is 74.6 Å². The van der Waals surface area contributed by atoms with Gasteiger partial charge < -0.3 is 66.1 Å². The minimum Gasteiger partial charge on any atom is -0.481 e. The number of carboxylic acid groups (broad SMARTS) is 1. The van der Waals surface area contributed by atoms with E-state index in [1.807, 2.05) is 32.0 Å². The fraction of sp³-hybridized carbons (Fsp3) is 0.594. The van der Waals surface area contributed by atoms with Crippen LogP contribution in [0.25, 0.3) is 0 Å². The third-order valence-electron chi connectivity index (χ3n) is 16.7. The van der Waals surface area contributed by atoms with Crippen LogP contribution in [-0.4, -0.2) is 203 Å². The number of imide groups is 1. The number of ether oxygens (including phenoxy) is 3. The molecule has 27 heteroatoms. The molecular formula is C64H94N10O17. The Balaban J connectivity index is 1.35. The number of nitrogens with zero attached hydrogens (tertiary/aromatic N) is 4. The van der Waals surface area contributed by atoms with Gasteiger partial charge in [-0.3, -0.25) is 62.5 Å². The molecule has 27 nitrogen and oxygen atoms in total. The monoisotopic (exact) mass is 1270 g/mol. The Labute approximate surface area is 532 Å². The molecule has 1 saturated heterocycles. The number of aliphatic hydroxyl groups excluding tert-OH is 1. The number of likely N-dealkylation sites (N-methyl/N-ethyl adjacent to an activating group) is 2. The summed E-state index contributed by atoms with van der Waals surface area (Å²) in [5.74, 6) is -9.32. The number of aliphatic carboxylic acids is 1. The van der Waals surface area contributed by atoms with Crippen LogP contribution in [0.15, 0.2) is 66.7 Å². The molecule has 11 amide bonds. The first-order valence-corrected chi connectivity index (χ1v) is 30.8. The van der Waals surface area contributed by atoms with Crippen molar-refractivity contribution in [2.24, 2.45) is 23.7 Å². The average Bonchev–Trinajstić information content (AvgIpc) is 1.86. The number of amides is 11. The molecule has 2 aromatic carbocycles. The van der Waals surface area contributed by atoms with Crippen molar-refractivity contribution in [1.29, 1.82) is 0 Å². The van der Waals surface area contributed by atoms with E-state index in [9.17, 15) is 67.7 Å². The van der Waals surface area contributed by atoms with Crippen LogP contribution in [0.5, 0.6) is 0 Å². The van der Waals surface area contributed by atoms with Gasteiger partial charge in [-0.1, -0.05) is 97.4 Å². The third-order valence-corrected chi connectivity index (χ3v) is 16.7. The highest BCUT2D eigenvalue weighted by Gasteiger charge is 2.44. The van der Waals surface area contributed by atoms with Crippen molar-refractivity contribution in [3.63, 3.8) is 0 Å². The van der Waals surface area contributed by atoms with Crippen LogP contribution in [0, 0.1) is 23.7 Å². The Morgan fingerprint density at radius 3 is 1.86 bits per heavy atom. The predicted octanol–water partition coefficient (Wildman–Crippen LogP) is 2.80. The lowest BCUT2D eigenvalue weighted by atomic mass is 9.89. The number of hydrogen-bond donors (Lipinski definition) is 8. The number of hydrogen-bond acceptors (Lipinski definition) is 16. The van der Waals surface area contributed by atoms with Crippen molar-refractivity contribution in [1.82, 2.24) is 46.2 Å². The molecule has 0 unspecified atom stereocenters. The molecule has 2 aliphatic heterocycles. The lowest BCUT2D eigenvalue weighted by Gasteiger charge is -2.41. The van der Waals surface area contributed by atoms with E-state index in [1.165, 1.54) is 64.3 Å². The first kappa shape index (κ1) is 75.2. The molecule has 0 aliphatic carbocycles. The molecular weight excluding hydrogens is 1180 g/mol. The number of likely N-dealkylation sites (tertiary alicyclic amines) is 1. The van der Waals surface area contributed by atoms with Crippen molar-refractivity contribution in [2.45, 2.75) is 181 Å². The molecule has 0 aromatic heterocycles. The Kier molecular flexibility index (Phi) is 29.2. The predicted molar refractivity (Wildman–Crippen MR) is 333 cm³/mol. The highest BCUT2D eigenvalue weighted by Crippen LogP contribution is 2.30. The molecule has 2 heterocycles. The van der Waals surface area contributed by atoms with Crippen molar-refractivity contribution in [3.8, 4) is 0 Å². The van der Waals surface area contributed by atoms with E-state index in [-0.39, 0.29) is 49.4 Å². The third kappa shape index (κ3) is 21.1. The van der Waals surface area contributed by atoms with Gasteiger partial charge in [0.1, 0.15) is 36.8 Å². The Morgan fingerprint density at radius 1 is 0.692 bits per heavy atom. The summed E-state index contributed by atoms with van der Waals surface area (Å²) in [5.41, 5.74) is 1.28. The number of rotatable bonds is 34. The molecule has 502 valence electrons. The second kappa shape index (κ2) is 35.3. The van der Waals surface area contributed by atoms with Gasteiger partial charge in [0.15, 0.2) is 0 Å². The zero-order valence-electron chi connectivity index (χ0n) is 54.7. The summed E-state index contributed by atoms with van der Waals surface area (Å²) in [6.07, 6.45) is -0.526. The fourth-order valence-corrected chi connectivity index (χ4v) is 11.2. The first-order valence-electron chi connectivity index (χ1n) is 30.8. The van der Waals surface area contributed by atoms with E-state index in [4.69, 9.17) is 14.2 Å².